The lowest BCUT2D eigenvalue weighted by atomic mass is 9.68. The van der Waals surface area contributed by atoms with Crippen molar-refractivity contribution in [3.8, 4) is 6.07 Å². The number of nitrogens with two attached hydrogens (primary N) is 1. The van der Waals surface area contributed by atoms with Crippen LogP contribution in [0, 0.1) is 47.6 Å². The van der Waals surface area contributed by atoms with Gasteiger partial charge in [0.2, 0.25) is 0 Å². The first-order valence-corrected chi connectivity index (χ1v) is 15.4. The Bertz CT molecular complexity index is 1770. The van der Waals surface area contributed by atoms with Gasteiger partial charge in [0, 0.05) is 39.4 Å². The summed E-state index contributed by atoms with van der Waals surface area (Å²) < 4.78 is 0. The van der Waals surface area contributed by atoms with Crippen LogP contribution in [0.15, 0.2) is 82.2 Å². The highest BCUT2D eigenvalue weighted by Crippen LogP contribution is 2.52. The summed E-state index contributed by atoms with van der Waals surface area (Å²) in [6.45, 7) is 10.1. The zero-order valence-corrected chi connectivity index (χ0v) is 26.4. The highest BCUT2D eigenvalue weighted by atomic mass is 35.5. The molecule has 0 bridgehead atoms. The van der Waals surface area contributed by atoms with E-state index in [4.69, 9.17) is 17.3 Å². The van der Waals surface area contributed by atoms with E-state index in [0.717, 1.165) is 27.1 Å². The maximum atomic E-state index is 14.0. The van der Waals surface area contributed by atoms with Gasteiger partial charge in [-0.05, 0) is 73.6 Å². The van der Waals surface area contributed by atoms with Crippen molar-refractivity contribution in [2.45, 2.75) is 64.0 Å². The van der Waals surface area contributed by atoms with Crippen LogP contribution in [0.25, 0.3) is 0 Å². The molecule has 1 aliphatic carbocycles. The number of hydrogen-bond acceptors (Lipinski definition) is 7. The van der Waals surface area contributed by atoms with Crippen LogP contribution in [0.1, 0.15) is 60.4 Å². The van der Waals surface area contributed by atoms with Crippen molar-refractivity contribution in [3.05, 3.63) is 120 Å². The van der Waals surface area contributed by atoms with Crippen LogP contribution in [0.5, 0.6) is 0 Å². The van der Waals surface area contributed by atoms with E-state index in [0.29, 0.717) is 29.9 Å². The first-order valence-electron chi connectivity index (χ1n) is 14.0. The first-order chi connectivity index (χ1) is 20.3. The number of aryl methyl sites for hydroxylation is 2. The third kappa shape index (κ3) is 5.80. The summed E-state index contributed by atoms with van der Waals surface area (Å²) in [5, 5.41) is 22.9. The molecule has 9 heteroatoms. The number of anilines is 1. The largest absolute Gasteiger partial charge is 0.384 e. The maximum Gasteiger partial charge on any atom is 0.294 e. The van der Waals surface area contributed by atoms with Crippen molar-refractivity contribution in [1.29, 1.82) is 5.26 Å². The Kier molecular flexibility index (Phi) is 8.17. The summed E-state index contributed by atoms with van der Waals surface area (Å²) in [5.74, 6) is 0.0235. The van der Waals surface area contributed by atoms with Gasteiger partial charge in [-0.15, -0.1) is 11.8 Å². The number of rotatable bonds is 6. The standard InChI is InChI=1S/C34H33ClN4O3S/c1-19-6-9-24(10-7-19)43-18-22-12-20(2)13-25(21(22)3)31-26(17-36)33(37)38(27-11-8-23(35)14-28(27)39(41)42)29-15-34(4,5)16-30(40)32(29)31/h6-14,31H,15-16,18,37H2,1-5H3. The lowest BCUT2D eigenvalue weighted by Crippen LogP contribution is -2.42. The molecule has 5 rings (SSSR count). The number of hydrogen-bond donors (Lipinski definition) is 1. The molecule has 3 aromatic rings. The van der Waals surface area contributed by atoms with E-state index in [2.05, 4.69) is 43.3 Å². The van der Waals surface area contributed by atoms with Gasteiger partial charge in [0.1, 0.15) is 11.5 Å². The molecule has 2 aliphatic rings. The number of nitrogens with zero attached hydrogens (tertiary/aromatic N) is 3. The van der Waals surface area contributed by atoms with Crippen molar-refractivity contribution in [2.75, 3.05) is 4.90 Å². The molecule has 0 radical (unpaired) electrons. The molecule has 0 fully saturated rings. The summed E-state index contributed by atoms with van der Waals surface area (Å²) in [5.41, 5.74) is 12.7. The smallest absolute Gasteiger partial charge is 0.294 e. The molecule has 2 N–H and O–H groups in total. The van der Waals surface area contributed by atoms with Crippen LogP contribution in [-0.2, 0) is 10.5 Å². The maximum absolute atomic E-state index is 14.0. The fourth-order valence-corrected chi connectivity index (χ4v) is 7.25. The molecule has 1 aliphatic heterocycles. The monoisotopic (exact) mass is 612 g/mol. The van der Waals surface area contributed by atoms with E-state index in [9.17, 15) is 20.2 Å². The number of allylic oxidation sites excluding steroid dienone is 3. The summed E-state index contributed by atoms with van der Waals surface area (Å²) in [6.07, 6.45) is 0.739. The molecular formula is C34H33ClN4O3S. The number of carbonyl (C=O) groups excluding carboxylic acids is 1. The van der Waals surface area contributed by atoms with Crippen LogP contribution >= 0.6 is 23.4 Å². The predicted molar refractivity (Wildman–Crippen MR) is 172 cm³/mol. The van der Waals surface area contributed by atoms with E-state index >= 15 is 0 Å². The van der Waals surface area contributed by atoms with E-state index in [1.54, 1.807) is 17.8 Å². The van der Waals surface area contributed by atoms with Gasteiger partial charge in [0.05, 0.1) is 22.5 Å². The first kappa shape index (κ1) is 30.4. The van der Waals surface area contributed by atoms with Crippen LogP contribution in [0.2, 0.25) is 5.02 Å². The van der Waals surface area contributed by atoms with Crippen molar-refractivity contribution in [2.24, 2.45) is 11.1 Å². The Balaban J connectivity index is 1.70. The highest BCUT2D eigenvalue weighted by Gasteiger charge is 2.46. The quantitative estimate of drug-likeness (QED) is 0.169. The number of carbonyl (C=O) groups is 1. The minimum absolute atomic E-state index is 0.0821. The fourth-order valence-electron chi connectivity index (χ4n) is 6.14. The minimum atomic E-state index is -0.686. The van der Waals surface area contributed by atoms with Crippen LogP contribution in [-0.4, -0.2) is 10.7 Å². The summed E-state index contributed by atoms with van der Waals surface area (Å²) in [7, 11) is 0. The van der Waals surface area contributed by atoms with Crippen molar-refractivity contribution in [3.63, 3.8) is 0 Å². The molecule has 0 saturated heterocycles. The molecule has 1 unspecified atom stereocenters. The lowest BCUT2D eigenvalue weighted by molar-refractivity contribution is -0.384. The Labute approximate surface area is 261 Å². The van der Waals surface area contributed by atoms with Crippen molar-refractivity contribution < 1.29 is 9.72 Å². The van der Waals surface area contributed by atoms with Crippen LogP contribution < -0.4 is 10.6 Å². The highest BCUT2D eigenvalue weighted by molar-refractivity contribution is 7.98. The summed E-state index contributed by atoms with van der Waals surface area (Å²) >= 11 is 7.86. The minimum Gasteiger partial charge on any atom is -0.384 e. The van der Waals surface area contributed by atoms with Crippen molar-refractivity contribution >= 4 is 40.5 Å². The number of nitriles is 1. The van der Waals surface area contributed by atoms with E-state index < -0.39 is 16.3 Å². The van der Waals surface area contributed by atoms with Gasteiger partial charge in [-0.2, -0.15) is 5.26 Å². The van der Waals surface area contributed by atoms with Gasteiger partial charge in [-0.3, -0.25) is 19.8 Å². The van der Waals surface area contributed by atoms with Gasteiger partial charge in [0.25, 0.3) is 5.69 Å². The molecule has 0 saturated carbocycles. The molecule has 1 atom stereocenters. The molecule has 1 heterocycles. The second-order valence-electron chi connectivity index (χ2n) is 12.1. The second kappa shape index (κ2) is 11.6. The average molecular weight is 613 g/mol. The number of halogens is 1. The fraction of sp³-hybridized carbons (Fsp3) is 0.294. The Morgan fingerprint density at radius 3 is 2.44 bits per heavy atom. The van der Waals surface area contributed by atoms with Gasteiger partial charge >= 0.3 is 0 Å². The Hall–Kier alpha value is -4.06. The SMILES string of the molecule is Cc1ccc(SCc2cc(C)cc(C3C(C#N)=C(N)N(c4ccc(Cl)cc4[N+](=O)[O-])C4=C3C(=O)CC(C)(C)C4)c2C)cc1. The number of nitro benzene ring substituents is 1. The molecule has 7 nitrogen and oxygen atoms in total. The Morgan fingerprint density at radius 2 is 1.79 bits per heavy atom. The number of benzene rings is 3. The molecule has 0 amide bonds. The van der Waals surface area contributed by atoms with Crippen molar-refractivity contribution in [1.82, 2.24) is 0 Å². The van der Waals surface area contributed by atoms with Crippen LogP contribution in [0.3, 0.4) is 0 Å². The number of ketones is 1. The molecular weight excluding hydrogens is 580 g/mol. The van der Waals surface area contributed by atoms with Crippen LogP contribution in [0.4, 0.5) is 11.4 Å². The lowest BCUT2D eigenvalue weighted by Gasteiger charge is -2.43. The van der Waals surface area contributed by atoms with Gasteiger partial charge in [0.15, 0.2) is 5.78 Å². The number of Topliss-reactive ketones (excluding diaryl/α,β-unsaturated/α-hetero) is 1. The summed E-state index contributed by atoms with van der Waals surface area (Å²) in [4.78, 5) is 28.3. The van der Waals surface area contributed by atoms with Gasteiger partial charge in [-0.1, -0.05) is 60.8 Å². The molecule has 43 heavy (non-hydrogen) atoms. The average Bonchev–Trinajstić information content (AvgIpc) is 2.93. The number of nitro groups is 1. The molecule has 0 spiro atoms. The van der Waals surface area contributed by atoms with E-state index in [1.807, 2.05) is 33.8 Å². The molecule has 220 valence electrons. The third-order valence-corrected chi connectivity index (χ3v) is 9.48. The third-order valence-electron chi connectivity index (χ3n) is 8.18. The molecule has 0 aromatic heterocycles. The molecule has 3 aromatic carbocycles. The zero-order chi connectivity index (χ0) is 31.2. The summed E-state index contributed by atoms with van der Waals surface area (Å²) in [6, 6.07) is 19.2. The number of thioether (sulfide) groups is 1. The predicted octanol–water partition coefficient (Wildman–Crippen LogP) is 8.41. The zero-order valence-electron chi connectivity index (χ0n) is 24.8. The second-order valence-corrected chi connectivity index (χ2v) is 13.6. The van der Waals surface area contributed by atoms with Gasteiger partial charge < -0.3 is 5.73 Å². The van der Waals surface area contributed by atoms with Gasteiger partial charge in [-0.25, -0.2) is 0 Å². The normalized spacial score (nSPS) is 18.0. The van der Waals surface area contributed by atoms with E-state index in [1.165, 1.54) is 22.6 Å². The van der Waals surface area contributed by atoms with E-state index in [-0.39, 0.29) is 33.6 Å². The Morgan fingerprint density at radius 1 is 1.09 bits per heavy atom. The topological polar surface area (TPSA) is 113 Å².